The van der Waals surface area contributed by atoms with Gasteiger partial charge in [0.15, 0.2) is 0 Å². The number of benzene rings is 2. The largest absolute Gasteiger partial charge is 0.494 e. The highest BCUT2D eigenvalue weighted by Gasteiger charge is 2.19. The summed E-state index contributed by atoms with van der Waals surface area (Å²) in [6.45, 7) is 8.01. The van der Waals surface area contributed by atoms with Crippen molar-refractivity contribution in [2.75, 3.05) is 44.2 Å². The molecule has 8 heteroatoms. The quantitative estimate of drug-likeness (QED) is 0.110. The number of carbonyl (C=O) groups excluding carboxylic acids is 2. The molecule has 0 radical (unpaired) electrons. The third-order valence-corrected chi connectivity index (χ3v) is 9.73. The molecular weight excluding hydrogens is 582 g/mol. The van der Waals surface area contributed by atoms with Crippen LogP contribution in [-0.2, 0) is 4.79 Å². The van der Waals surface area contributed by atoms with Gasteiger partial charge in [-0.2, -0.15) is 0 Å². The molecule has 2 aromatic carbocycles. The van der Waals surface area contributed by atoms with E-state index in [-0.39, 0.29) is 23.7 Å². The topological polar surface area (TPSA) is 71.8 Å². The van der Waals surface area contributed by atoms with Crippen LogP contribution in [0.3, 0.4) is 0 Å². The summed E-state index contributed by atoms with van der Waals surface area (Å²) in [6, 6.07) is 17.6. The Morgan fingerprint density at radius 3 is 2.42 bits per heavy atom. The number of nitrogens with zero attached hydrogens (tertiary/aromatic N) is 3. The Bertz CT molecular complexity index is 1620. The molecule has 1 aliphatic heterocycles. The number of fused-ring (bicyclic) bond motifs is 2. The van der Waals surface area contributed by atoms with E-state index in [0.717, 1.165) is 70.2 Å². The molecule has 0 bridgehead atoms. The molecule has 1 aliphatic rings. The Morgan fingerprint density at radius 1 is 0.822 bits per heavy atom. The highest BCUT2D eigenvalue weighted by atomic mass is 32.1. The predicted molar refractivity (Wildman–Crippen MR) is 186 cm³/mol. The first-order valence-corrected chi connectivity index (χ1v) is 17.7. The molecule has 240 valence electrons. The maximum Gasteiger partial charge on any atom is 0.257 e. The van der Waals surface area contributed by atoms with Crippen LogP contribution in [0.15, 0.2) is 64.8 Å². The first-order valence-electron chi connectivity index (χ1n) is 16.8. The summed E-state index contributed by atoms with van der Waals surface area (Å²) in [5, 5.41) is 4.36. The fraction of sp³-hybridized carbons (Fsp3) is 0.486. The third kappa shape index (κ3) is 9.04. The number of thiophene rings is 1. The Balaban J connectivity index is 1.04. The van der Waals surface area contributed by atoms with E-state index in [9.17, 15) is 14.4 Å². The van der Waals surface area contributed by atoms with E-state index in [1.807, 2.05) is 18.2 Å². The predicted octanol–water partition coefficient (Wildman–Crippen LogP) is 7.94. The van der Waals surface area contributed by atoms with Gasteiger partial charge in [-0.25, -0.2) is 4.57 Å². The number of ether oxygens (including phenoxy) is 1. The average molecular weight is 630 g/mol. The van der Waals surface area contributed by atoms with Crippen LogP contribution < -0.4 is 15.2 Å². The van der Waals surface area contributed by atoms with Crippen LogP contribution in [0.25, 0.3) is 21.0 Å². The zero-order valence-corrected chi connectivity index (χ0v) is 27.5. The second-order valence-electron chi connectivity index (χ2n) is 12.2. The van der Waals surface area contributed by atoms with E-state index in [1.54, 1.807) is 17.4 Å². The van der Waals surface area contributed by atoms with Gasteiger partial charge in [-0.1, -0.05) is 32.3 Å². The fourth-order valence-electron chi connectivity index (χ4n) is 6.24. The molecule has 0 spiro atoms. The summed E-state index contributed by atoms with van der Waals surface area (Å²) in [5.41, 5.74) is 1.60. The van der Waals surface area contributed by atoms with Crippen LogP contribution in [-0.4, -0.2) is 60.5 Å². The van der Waals surface area contributed by atoms with Crippen molar-refractivity contribution in [1.82, 2.24) is 9.47 Å². The Morgan fingerprint density at radius 2 is 1.60 bits per heavy atom. The molecule has 0 N–H and O–H groups in total. The molecule has 45 heavy (non-hydrogen) atoms. The van der Waals surface area contributed by atoms with Crippen LogP contribution in [0, 0.1) is 0 Å². The second-order valence-corrected chi connectivity index (χ2v) is 13.1. The molecular formula is C37H47N3O4S. The zero-order chi connectivity index (χ0) is 31.4. The summed E-state index contributed by atoms with van der Waals surface area (Å²) >= 11 is 1.80. The highest BCUT2D eigenvalue weighted by molar-refractivity contribution is 7.17. The molecule has 2 aromatic heterocycles. The number of hydrogen-bond acceptors (Lipinski definition) is 7. The van der Waals surface area contributed by atoms with Crippen molar-refractivity contribution in [3.8, 4) is 5.75 Å². The highest BCUT2D eigenvalue weighted by Crippen LogP contribution is 2.31. The first-order chi connectivity index (χ1) is 22.0. The molecule has 0 unspecified atom stereocenters. The van der Waals surface area contributed by atoms with Gasteiger partial charge in [-0.05, 0) is 85.8 Å². The summed E-state index contributed by atoms with van der Waals surface area (Å²) in [7, 11) is 0. The molecule has 5 rings (SSSR count). The normalized spacial score (nSPS) is 13.9. The third-order valence-electron chi connectivity index (χ3n) is 8.85. The van der Waals surface area contributed by atoms with Crippen LogP contribution in [0.1, 0.15) is 82.3 Å². The van der Waals surface area contributed by atoms with Crippen molar-refractivity contribution in [1.29, 1.82) is 0 Å². The maximum atomic E-state index is 13.1. The van der Waals surface area contributed by atoms with E-state index in [2.05, 4.69) is 46.4 Å². The van der Waals surface area contributed by atoms with Gasteiger partial charge in [-0.3, -0.25) is 19.3 Å². The van der Waals surface area contributed by atoms with Crippen LogP contribution in [0.2, 0.25) is 0 Å². The SMILES string of the molecule is CCCCCCC(=O)CCCCC(=O)n1c(=O)ccc2ccc(OCCCCN3CCN(c4cccc5sccc45)CC3)cc21. The Labute approximate surface area is 270 Å². The van der Waals surface area contributed by atoms with E-state index in [1.165, 1.54) is 32.8 Å². The van der Waals surface area contributed by atoms with Gasteiger partial charge in [0.25, 0.3) is 5.56 Å². The number of hydrogen-bond donors (Lipinski definition) is 0. The van der Waals surface area contributed by atoms with E-state index in [4.69, 9.17) is 4.74 Å². The van der Waals surface area contributed by atoms with Crippen molar-refractivity contribution in [3.05, 3.63) is 70.3 Å². The molecule has 4 aromatic rings. The van der Waals surface area contributed by atoms with Crippen molar-refractivity contribution in [2.24, 2.45) is 0 Å². The van der Waals surface area contributed by atoms with Crippen LogP contribution in [0.4, 0.5) is 5.69 Å². The molecule has 7 nitrogen and oxygen atoms in total. The molecule has 3 heterocycles. The van der Waals surface area contributed by atoms with Crippen molar-refractivity contribution < 1.29 is 14.3 Å². The zero-order valence-electron chi connectivity index (χ0n) is 26.7. The summed E-state index contributed by atoms with van der Waals surface area (Å²) in [4.78, 5) is 43.0. The maximum absolute atomic E-state index is 13.1. The number of carbonyl (C=O) groups is 2. The monoisotopic (exact) mass is 629 g/mol. The molecule has 0 atom stereocenters. The molecule has 1 fully saturated rings. The molecule has 0 amide bonds. The Hall–Kier alpha value is -3.49. The van der Waals surface area contributed by atoms with Gasteiger partial charge in [0, 0.05) is 73.3 Å². The summed E-state index contributed by atoms with van der Waals surface area (Å²) in [5.74, 6) is 0.706. The summed E-state index contributed by atoms with van der Waals surface area (Å²) < 4.78 is 8.69. The number of ketones is 1. The minimum atomic E-state index is -0.330. The molecule has 0 saturated carbocycles. The number of Topliss-reactive ketones (excluding diaryl/α,β-unsaturated/α-hetero) is 1. The number of piperazine rings is 1. The average Bonchev–Trinajstić information content (AvgIpc) is 3.54. The van der Waals surface area contributed by atoms with Gasteiger partial charge >= 0.3 is 0 Å². The number of unbranched alkanes of at least 4 members (excludes halogenated alkanes) is 5. The fourth-order valence-corrected chi connectivity index (χ4v) is 7.04. The van der Waals surface area contributed by atoms with E-state index >= 15 is 0 Å². The lowest BCUT2D eigenvalue weighted by atomic mass is 10.1. The van der Waals surface area contributed by atoms with Gasteiger partial charge in [0.05, 0.1) is 12.1 Å². The Kier molecular flexibility index (Phi) is 12.2. The minimum absolute atomic E-state index is 0.231. The standard InChI is InChI=1S/C37H47N3O4S/c1-2-3-4-5-11-30(41)12-6-7-15-36(42)40-34-28-31(18-16-29(34)17-19-37(40)43)44-26-9-8-21-38-22-24-39(25-23-38)33-13-10-14-35-32(33)20-27-45-35/h10,13-14,16-20,27-28H,2-9,11-12,15,21-26H2,1H3. The molecule has 0 aliphatic carbocycles. The molecule has 1 saturated heterocycles. The number of rotatable bonds is 17. The van der Waals surface area contributed by atoms with Crippen molar-refractivity contribution >= 4 is 49.7 Å². The summed E-state index contributed by atoms with van der Waals surface area (Å²) in [6.07, 6.45) is 9.01. The van der Waals surface area contributed by atoms with E-state index < -0.39 is 0 Å². The number of anilines is 1. The van der Waals surface area contributed by atoms with Crippen molar-refractivity contribution in [3.63, 3.8) is 0 Å². The van der Waals surface area contributed by atoms with Crippen LogP contribution in [0.5, 0.6) is 5.75 Å². The lowest BCUT2D eigenvalue weighted by molar-refractivity contribution is -0.119. The van der Waals surface area contributed by atoms with Crippen LogP contribution >= 0.6 is 11.3 Å². The van der Waals surface area contributed by atoms with Crippen molar-refractivity contribution in [2.45, 2.75) is 77.6 Å². The minimum Gasteiger partial charge on any atom is -0.494 e. The van der Waals surface area contributed by atoms with Gasteiger partial charge in [0.2, 0.25) is 5.91 Å². The van der Waals surface area contributed by atoms with E-state index in [0.29, 0.717) is 43.6 Å². The lowest BCUT2D eigenvalue weighted by Gasteiger charge is -2.36. The second kappa shape index (κ2) is 16.7. The van der Waals surface area contributed by atoms with Gasteiger partial charge < -0.3 is 9.64 Å². The number of pyridine rings is 1. The number of aromatic nitrogens is 1. The lowest BCUT2D eigenvalue weighted by Crippen LogP contribution is -2.46. The van der Waals surface area contributed by atoms with Gasteiger partial charge in [-0.15, -0.1) is 11.3 Å². The van der Waals surface area contributed by atoms with Gasteiger partial charge in [0.1, 0.15) is 11.5 Å². The first kappa shape index (κ1) is 32.9. The smallest absolute Gasteiger partial charge is 0.257 e.